The molecule has 0 aliphatic rings. The van der Waals surface area contributed by atoms with Gasteiger partial charge < -0.3 is 5.32 Å². The first-order valence-corrected chi connectivity index (χ1v) is 6.74. The quantitative estimate of drug-likeness (QED) is 0.770. The Morgan fingerprint density at radius 2 is 2.20 bits per heavy atom. The average molecular weight is 367 g/mol. The number of halogens is 2. The Morgan fingerprint density at radius 1 is 1.40 bits per heavy atom. The van der Waals surface area contributed by atoms with E-state index in [-0.39, 0.29) is 0 Å². The molecule has 0 radical (unpaired) electrons. The van der Waals surface area contributed by atoms with E-state index in [1.807, 2.05) is 18.2 Å². The standard InChI is InChI=1S/C8H5Br2N3S2/c9-4-1-2-5(10)6(3-4)11-7-12-13-8(14)15-7/h1-3H,(H,11,12)(H,13,14). The molecule has 2 aromatic rings. The Morgan fingerprint density at radius 3 is 2.87 bits per heavy atom. The summed E-state index contributed by atoms with van der Waals surface area (Å²) in [7, 11) is 0. The molecule has 0 amide bonds. The molecule has 2 N–H and O–H groups in total. The molecule has 15 heavy (non-hydrogen) atoms. The first-order valence-electron chi connectivity index (χ1n) is 3.93. The molecule has 0 aliphatic heterocycles. The number of anilines is 2. The number of nitrogens with one attached hydrogen (secondary N) is 2. The molecular weight excluding hydrogens is 362 g/mol. The second-order valence-electron chi connectivity index (χ2n) is 2.67. The minimum atomic E-state index is 0.656. The van der Waals surface area contributed by atoms with E-state index in [1.165, 1.54) is 11.3 Å². The molecule has 0 unspecified atom stereocenters. The average Bonchev–Trinajstić information content (AvgIpc) is 2.58. The van der Waals surface area contributed by atoms with Crippen molar-refractivity contribution >= 4 is 66.2 Å². The van der Waals surface area contributed by atoms with Crippen LogP contribution < -0.4 is 5.32 Å². The number of benzene rings is 1. The minimum absolute atomic E-state index is 0.656. The van der Waals surface area contributed by atoms with Gasteiger partial charge in [0.25, 0.3) is 0 Å². The third-order valence-corrected chi connectivity index (χ3v) is 3.80. The topological polar surface area (TPSA) is 40.7 Å². The monoisotopic (exact) mass is 365 g/mol. The van der Waals surface area contributed by atoms with Gasteiger partial charge in [-0.2, -0.15) is 0 Å². The minimum Gasteiger partial charge on any atom is -0.329 e. The third kappa shape index (κ3) is 2.87. The Labute approximate surface area is 112 Å². The third-order valence-electron chi connectivity index (χ3n) is 1.61. The summed E-state index contributed by atoms with van der Waals surface area (Å²) >= 11 is 13.2. The van der Waals surface area contributed by atoms with Crippen LogP contribution in [0.1, 0.15) is 0 Å². The predicted molar refractivity (Wildman–Crippen MR) is 72.4 cm³/mol. The van der Waals surface area contributed by atoms with Crippen molar-refractivity contribution in [3.05, 3.63) is 31.1 Å². The van der Waals surface area contributed by atoms with E-state index in [1.54, 1.807) is 0 Å². The van der Waals surface area contributed by atoms with E-state index in [0.29, 0.717) is 3.95 Å². The summed E-state index contributed by atoms with van der Waals surface area (Å²) in [4.78, 5) is 0. The van der Waals surface area contributed by atoms with Gasteiger partial charge in [-0.1, -0.05) is 27.3 Å². The molecule has 0 aliphatic carbocycles. The van der Waals surface area contributed by atoms with Crippen LogP contribution in [0.3, 0.4) is 0 Å². The first-order chi connectivity index (χ1) is 7.15. The van der Waals surface area contributed by atoms with Crippen LogP contribution in [0.15, 0.2) is 27.1 Å². The van der Waals surface area contributed by atoms with E-state index < -0.39 is 0 Å². The summed E-state index contributed by atoms with van der Waals surface area (Å²) in [6.45, 7) is 0. The Bertz CT molecular complexity index is 535. The summed E-state index contributed by atoms with van der Waals surface area (Å²) in [6.07, 6.45) is 0. The fourth-order valence-electron chi connectivity index (χ4n) is 0.992. The van der Waals surface area contributed by atoms with Gasteiger partial charge in [-0.15, -0.1) is 5.10 Å². The number of hydrogen-bond acceptors (Lipinski definition) is 4. The van der Waals surface area contributed by atoms with Gasteiger partial charge in [0.2, 0.25) is 5.13 Å². The Kier molecular flexibility index (Phi) is 3.55. The summed E-state index contributed by atoms with van der Waals surface area (Å²) in [5, 5.41) is 10.7. The summed E-state index contributed by atoms with van der Waals surface area (Å²) in [5.74, 6) is 0. The number of rotatable bonds is 2. The van der Waals surface area contributed by atoms with Crippen molar-refractivity contribution in [2.75, 3.05) is 5.32 Å². The van der Waals surface area contributed by atoms with Gasteiger partial charge in [-0.05, 0) is 46.3 Å². The molecule has 2 rings (SSSR count). The lowest BCUT2D eigenvalue weighted by Crippen LogP contribution is -1.90. The molecule has 0 saturated carbocycles. The lowest BCUT2D eigenvalue weighted by molar-refractivity contribution is 1.08. The number of hydrogen-bond donors (Lipinski definition) is 2. The van der Waals surface area contributed by atoms with Gasteiger partial charge >= 0.3 is 0 Å². The van der Waals surface area contributed by atoms with Gasteiger partial charge in [0.1, 0.15) is 0 Å². The SMILES string of the molecule is S=c1[nH]nc(Nc2cc(Br)ccc2Br)s1. The maximum atomic E-state index is 4.95. The molecule has 0 fully saturated rings. The summed E-state index contributed by atoms with van der Waals surface area (Å²) < 4.78 is 2.64. The van der Waals surface area contributed by atoms with Crippen LogP contribution in [0.25, 0.3) is 0 Å². The zero-order chi connectivity index (χ0) is 10.8. The van der Waals surface area contributed by atoms with Crippen molar-refractivity contribution in [3.63, 3.8) is 0 Å². The molecule has 7 heteroatoms. The second-order valence-corrected chi connectivity index (χ2v) is 6.10. The normalized spacial score (nSPS) is 10.3. The highest BCUT2D eigenvalue weighted by Gasteiger charge is 2.03. The summed E-state index contributed by atoms with van der Waals surface area (Å²) in [5.41, 5.74) is 0.946. The van der Waals surface area contributed by atoms with Gasteiger partial charge in [0.05, 0.1) is 5.69 Å². The van der Waals surface area contributed by atoms with Crippen molar-refractivity contribution in [1.29, 1.82) is 0 Å². The fourth-order valence-corrected chi connectivity index (χ4v) is 2.50. The number of nitrogens with zero attached hydrogens (tertiary/aromatic N) is 1. The smallest absolute Gasteiger partial charge is 0.208 e. The van der Waals surface area contributed by atoms with Crippen LogP contribution in [0, 0.1) is 3.95 Å². The lowest BCUT2D eigenvalue weighted by atomic mass is 10.3. The van der Waals surface area contributed by atoms with E-state index in [0.717, 1.165) is 19.8 Å². The molecular formula is C8H5Br2N3S2. The van der Waals surface area contributed by atoms with Crippen molar-refractivity contribution in [2.45, 2.75) is 0 Å². The second kappa shape index (κ2) is 4.73. The van der Waals surface area contributed by atoms with E-state index in [9.17, 15) is 0 Å². The maximum absolute atomic E-state index is 4.95. The Balaban J connectivity index is 2.31. The van der Waals surface area contributed by atoms with E-state index in [2.05, 4.69) is 47.4 Å². The van der Waals surface area contributed by atoms with Gasteiger partial charge in [0.15, 0.2) is 3.95 Å². The van der Waals surface area contributed by atoms with Crippen molar-refractivity contribution in [1.82, 2.24) is 10.2 Å². The van der Waals surface area contributed by atoms with Crippen molar-refractivity contribution in [2.24, 2.45) is 0 Å². The van der Waals surface area contributed by atoms with Gasteiger partial charge in [-0.3, -0.25) is 5.10 Å². The van der Waals surface area contributed by atoms with Crippen molar-refractivity contribution in [3.8, 4) is 0 Å². The molecule has 78 valence electrons. The highest BCUT2D eigenvalue weighted by atomic mass is 79.9. The summed E-state index contributed by atoms with van der Waals surface area (Å²) in [6, 6.07) is 5.88. The molecule has 0 atom stereocenters. The van der Waals surface area contributed by atoms with Crippen LogP contribution >= 0.6 is 55.4 Å². The fraction of sp³-hybridized carbons (Fsp3) is 0. The Hall–Kier alpha value is -0.240. The molecule has 1 heterocycles. The van der Waals surface area contributed by atoms with Crippen molar-refractivity contribution < 1.29 is 0 Å². The highest BCUT2D eigenvalue weighted by Crippen LogP contribution is 2.29. The zero-order valence-corrected chi connectivity index (χ0v) is 12.1. The van der Waals surface area contributed by atoms with Gasteiger partial charge in [-0.25, -0.2) is 0 Å². The van der Waals surface area contributed by atoms with E-state index >= 15 is 0 Å². The lowest BCUT2D eigenvalue weighted by Gasteiger charge is -2.04. The number of aromatic nitrogens is 2. The highest BCUT2D eigenvalue weighted by molar-refractivity contribution is 9.11. The van der Waals surface area contributed by atoms with Crippen LogP contribution in [-0.2, 0) is 0 Å². The largest absolute Gasteiger partial charge is 0.329 e. The van der Waals surface area contributed by atoms with Gasteiger partial charge in [0, 0.05) is 8.95 Å². The molecule has 1 aromatic heterocycles. The van der Waals surface area contributed by atoms with Crippen LogP contribution in [0.2, 0.25) is 0 Å². The molecule has 0 spiro atoms. The van der Waals surface area contributed by atoms with Crippen LogP contribution in [0.5, 0.6) is 0 Å². The van der Waals surface area contributed by atoms with E-state index in [4.69, 9.17) is 12.2 Å². The predicted octanol–water partition coefficient (Wildman–Crippen LogP) is 4.47. The van der Waals surface area contributed by atoms with Crippen LogP contribution in [-0.4, -0.2) is 10.2 Å². The van der Waals surface area contributed by atoms with Crippen LogP contribution in [0.4, 0.5) is 10.8 Å². The number of aromatic amines is 1. The molecule has 0 bridgehead atoms. The molecule has 0 saturated heterocycles. The molecule has 3 nitrogen and oxygen atoms in total. The molecule has 1 aromatic carbocycles. The first kappa shape index (κ1) is 11.3. The number of H-pyrrole nitrogens is 1. The maximum Gasteiger partial charge on any atom is 0.208 e. The zero-order valence-electron chi connectivity index (χ0n) is 7.25.